The van der Waals surface area contributed by atoms with E-state index in [0.717, 1.165) is 10.4 Å². The summed E-state index contributed by atoms with van der Waals surface area (Å²) in [5.41, 5.74) is 0.927. The maximum Gasteiger partial charge on any atom is 0.233 e. The molecule has 0 saturated heterocycles. The fraction of sp³-hybridized carbons (Fsp3) is 0.278. The molecule has 3 rings (SSSR count). The smallest absolute Gasteiger partial charge is 0.233 e. The third kappa shape index (κ3) is 4.81. The van der Waals surface area contributed by atoms with Crippen molar-refractivity contribution in [2.45, 2.75) is 23.9 Å². The van der Waals surface area contributed by atoms with Crippen molar-refractivity contribution in [3.8, 4) is 22.2 Å². The van der Waals surface area contributed by atoms with Crippen LogP contribution >= 0.6 is 23.1 Å². The summed E-state index contributed by atoms with van der Waals surface area (Å²) < 4.78 is 10.5. The van der Waals surface area contributed by atoms with Crippen molar-refractivity contribution >= 4 is 29.0 Å². The van der Waals surface area contributed by atoms with Gasteiger partial charge in [0.2, 0.25) is 11.1 Å². The van der Waals surface area contributed by atoms with E-state index in [-0.39, 0.29) is 11.2 Å². The van der Waals surface area contributed by atoms with Gasteiger partial charge in [-0.15, -0.1) is 16.4 Å². The zero-order valence-electron chi connectivity index (χ0n) is 15.2. The molecule has 0 aliphatic carbocycles. The number of benzene rings is 1. The quantitative estimate of drug-likeness (QED) is 0.560. The number of carbonyl (C=O) groups is 1. The number of nitrogens with one attached hydrogen (secondary N) is 2. The molecule has 2 N–H and O–H groups in total. The van der Waals surface area contributed by atoms with E-state index >= 15 is 0 Å². The van der Waals surface area contributed by atoms with Gasteiger partial charge in [0, 0.05) is 6.54 Å². The summed E-state index contributed by atoms with van der Waals surface area (Å²) >= 11 is 2.90. The average molecular weight is 405 g/mol. The molecule has 27 heavy (non-hydrogen) atoms. The van der Waals surface area contributed by atoms with Crippen LogP contribution in [0.3, 0.4) is 0 Å². The van der Waals surface area contributed by atoms with E-state index in [4.69, 9.17) is 9.47 Å². The van der Waals surface area contributed by atoms with Crippen molar-refractivity contribution in [2.24, 2.45) is 0 Å². The van der Waals surface area contributed by atoms with Gasteiger partial charge in [-0.1, -0.05) is 23.9 Å². The lowest BCUT2D eigenvalue weighted by Gasteiger charge is -2.12. The maximum atomic E-state index is 12.4. The standard InChI is InChI=1S/C18H20N4O3S2/c1-11(27-18-20-16(21-22-18)15-5-4-8-26-15)17(23)19-10-12-6-7-13(24-2)14(9-12)25-3/h4-9,11H,10H2,1-3H3,(H,19,23)(H,20,21,22). The minimum atomic E-state index is -0.322. The van der Waals surface area contributed by atoms with Crippen LogP contribution in [0.2, 0.25) is 0 Å². The normalized spacial score (nSPS) is 11.8. The first-order valence-electron chi connectivity index (χ1n) is 8.22. The average Bonchev–Trinajstić information content (AvgIpc) is 3.37. The Labute approximate surface area is 165 Å². The fourth-order valence-corrected chi connectivity index (χ4v) is 3.77. The number of ether oxygens (including phenoxy) is 2. The van der Waals surface area contributed by atoms with E-state index in [0.29, 0.717) is 29.0 Å². The summed E-state index contributed by atoms with van der Waals surface area (Å²) in [5.74, 6) is 1.92. The van der Waals surface area contributed by atoms with Crippen LogP contribution in [0, 0.1) is 0 Å². The van der Waals surface area contributed by atoms with Gasteiger partial charge in [0.1, 0.15) is 0 Å². The second-order valence-corrected chi connectivity index (χ2v) is 7.87. The lowest BCUT2D eigenvalue weighted by molar-refractivity contribution is -0.120. The van der Waals surface area contributed by atoms with Crippen molar-refractivity contribution in [3.63, 3.8) is 0 Å². The highest BCUT2D eigenvalue weighted by molar-refractivity contribution is 8.00. The Morgan fingerprint density at radius 1 is 1.30 bits per heavy atom. The zero-order valence-corrected chi connectivity index (χ0v) is 16.8. The monoisotopic (exact) mass is 404 g/mol. The molecular formula is C18H20N4O3S2. The number of aromatic nitrogens is 3. The van der Waals surface area contributed by atoms with Crippen molar-refractivity contribution in [2.75, 3.05) is 14.2 Å². The Hall–Kier alpha value is -2.52. The molecule has 2 heterocycles. The Morgan fingerprint density at radius 3 is 2.81 bits per heavy atom. The van der Waals surface area contributed by atoms with Gasteiger partial charge in [-0.2, -0.15) is 0 Å². The van der Waals surface area contributed by atoms with E-state index in [1.54, 1.807) is 25.6 Å². The van der Waals surface area contributed by atoms with Crippen LogP contribution in [0.4, 0.5) is 0 Å². The van der Waals surface area contributed by atoms with Crippen LogP contribution < -0.4 is 14.8 Å². The van der Waals surface area contributed by atoms with Crippen LogP contribution in [0.15, 0.2) is 40.9 Å². The van der Waals surface area contributed by atoms with E-state index in [1.807, 2.05) is 42.6 Å². The van der Waals surface area contributed by atoms with Crippen molar-refractivity contribution < 1.29 is 14.3 Å². The van der Waals surface area contributed by atoms with Gasteiger partial charge in [-0.25, -0.2) is 4.98 Å². The van der Waals surface area contributed by atoms with Gasteiger partial charge in [0.25, 0.3) is 0 Å². The summed E-state index contributed by atoms with van der Waals surface area (Å²) in [6, 6.07) is 9.48. The molecule has 0 saturated carbocycles. The highest BCUT2D eigenvalue weighted by Gasteiger charge is 2.17. The van der Waals surface area contributed by atoms with E-state index < -0.39 is 0 Å². The molecule has 2 aromatic heterocycles. The number of hydrogen-bond acceptors (Lipinski definition) is 7. The first kappa shape index (κ1) is 19.2. The Bertz CT molecular complexity index is 896. The summed E-state index contributed by atoms with van der Waals surface area (Å²) in [4.78, 5) is 17.8. The van der Waals surface area contributed by atoms with Crippen molar-refractivity contribution in [1.29, 1.82) is 0 Å². The molecule has 1 aromatic carbocycles. The summed E-state index contributed by atoms with van der Waals surface area (Å²) in [6.45, 7) is 2.23. The van der Waals surface area contributed by atoms with Crippen molar-refractivity contribution in [3.05, 3.63) is 41.3 Å². The number of hydrogen-bond donors (Lipinski definition) is 2. The minimum absolute atomic E-state index is 0.0859. The fourth-order valence-electron chi connectivity index (χ4n) is 2.36. The highest BCUT2D eigenvalue weighted by atomic mass is 32.2. The number of methoxy groups -OCH3 is 2. The number of carbonyl (C=O) groups excluding carboxylic acids is 1. The molecule has 7 nitrogen and oxygen atoms in total. The predicted molar refractivity (Wildman–Crippen MR) is 106 cm³/mol. The number of aromatic amines is 1. The lowest BCUT2D eigenvalue weighted by Crippen LogP contribution is -2.30. The highest BCUT2D eigenvalue weighted by Crippen LogP contribution is 2.28. The second kappa shape index (κ2) is 8.92. The third-order valence-electron chi connectivity index (χ3n) is 3.79. The summed E-state index contributed by atoms with van der Waals surface area (Å²) in [6.07, 6.45) is 0. The van der Waals surface area contributed by atoms with Gasteiger partial charge >= 0.3 is 0 Å². The lowest BCUT2D eigenvalue weighted by atomic mass is 10.2. The Kier molecular flexibility index (Phi) is 6.36. The predicted octanol–water partition coefficient (Wildman–Crippen LogP) is 3.35. The molecule has 1 unspecified atom stereocenters. The van der Waals surface area contributed by atoms with Gasteiger partial charge in [0.05, 0.1) is 24.3 Å². The molecule has 1 atom stereocenters. The molecule has 0 aliphatic rings. The number of rotatable bonds is 8. The Balaban J connectivity index is 1.55. The van der Waals surface area contributed by atoms with Crippen LogP contribution in [-0.4, -0.2) is 40.6 Å². The van der Waals surface area contributed by atoms with Crippen LogP contribution in [0.5, 0.6) is 11.5 Å². The molecule has 3 aromatic rings. The number of nitrogens with zero attached hydrogens (tertiary/aromatic N) is 2. The summed E-state index contributed by atoms with van der Waals surface area (Å²) in [5, 5.41) is 12.2. The third-order valence-corrected chi connectivity index (χ3v) is 5.62. The number of thiophene rings is 1. The van der Waals surface area contributed by atoms with Gasteiger partial charge < -0.3 is 14.8 Å². The molecular weight excluding hydrogens is 384 g/mol. The molecule has 0 spiro atoms. The largest absolute Gasteiger partial charge is 0.493 e. The molecule has 0 aliphatic heterocycles. The number of amides is 1. The van der Waals surface area contributed by atoms with Gasteiger partial charge in [0.15, 0.2) is 17.3 Å². The SMILES string of the molecule is COc1ccc(CNC(=O)C(C)Sc2n[nH]c(-c3cccs3)n2)cc1OC. The number of H-pyrrole nitrogens is 1. The molecule has 0 fully saturated rings. The van der Waals surface area contributed by atoms with Crippen LogP contribution in [-0.2, 0) is 11.3 Å². The second-order valence-electron chi connectivity index (χ2n) is 5.61. The van der Waals surface area contributed by atoms with E-state index in [9.17, 15) is 4.79 Å². The first-order valence-corrected chi connectivity index (χ1v) is 9.98. The molecule has 142 valence electrons. The van der Waals surface area contributed by atoms with Gasteiger partial charge in [-0.05, 0) is 36.1 Å². The van der Waals surface area contributed by atoms with Crippen molar-refractivity contribution in [1.82, 2.24) is 20.5 Å². The van der Waals surface area contributed by atoms with Crippen LogP contribution in [0.25, 0.3) is 10.7 Å². The minimum Gasteiger partial charge on any atom is -0.493 e. The van der Waals surface area contributed by atoms with Crippen LogP contribution in [0.1, 0.15) is 12.5 Å². The number of thioether (sulfide) groups is 1. The Morgan fingerprint density at radius 2 is 2.11 bits per heavy atom. The zero-order chi connectivity index (χ0) is 19.2. The topological polar surface area (TPSA) is 89.1 Å². The molecule has 9 heteroatoms. The first-order chi connectivity index (χ1) is 13.1. The summed E-state index contributed by atoms with van der Waals surface area (Å²) in [7, 11) is 3.17. The molecule has 0 radical (unpaired) electrons. The molecule has 0 bridgehead atoms. The van der Waals surface area contributed by atoms with E-state index in [2.05, 4.69) is 20.5 Å². The molecule has 1 amide bonds. The van der Waals surface area contributed by atoms with Gasteiger partial charge in [-0.3, -0.25) is 9.89 Å². The maximum absolute atomic E-state index is 12.4. The van der Waals surface area contributed by atoms with E-state index in [1.165, 1.54) is 11.8 Å².